The molecule has 1 fully saturated rings. The highest BCUT2D eigenvalue weighted by atomic mass is 32.2. The normalized spacial score (nSPS) is 32.5. The van der Waals surface area contributed by atoms with Gasteiger partial charge in [-0.1, -0.05) is 0 Å². The third-order valence-electron chi connectivity index (χ3n) is 1.37. The molecule has 2 atom stereocenters. The lowest BCUT2D eigenvalue weighted by atomic mass is 10.2. The summed E-state index contributed by atoms with van der Waals surface area (Å²) in [6.07, 6.45) is 0.489. The number of hydrogen-bond acceptors (Lipinski definition) is 5. The maximum Gasteiger partial charge on any atom is 0.264 e. The highest BCUT2D eigenvalue weighted by Gasteiger charge is 2.28. The van der Waals surface area contributed by atoms with E-state index in [2.05, 4.69) is 4.18 Å². The van der Waals surface area contributed by atoms with Crippen LogP contribution in [-0.2, 0) is 19.0 Å². The first kappa shape index (κ1) is 8.92. The molecular weight excluding hydrogens is 170 g/mol. The maximum atomic E-state index is 10.6. The van der Waals surface area contributed by atoms with Crippen LogP contribution < -0.4 is 5.73 Å². The van der Waals surface area contributed by atoms with Crippen molar-refractivity contribution >= 4 is 10.1 Å². The molecule has 0 radical (unpaired) electrons. The van der Waals surface area contributed by atoms with Crippen LogP contribution in [0.15, 0.2) is 0 Å². The van der Waals surface area contributed by atoms with Gasteiger partial charge in [0, 0.05) is 0 Å². The second-order valence-electron chi connectivity index (χ2n) is 2.54. The molecule has 0 aromatic rings. The Bertz CT molecular complexity index is 225. The molecule has 1 saturated heterocycles. The minimum absolute atomic E-state index is 0.258. The van der Waals surface area contributed by atoms with Crippen LogP contribution in [0.5, 0.6) is 0 Å². The zero-order valence-electron chi connectivity index (χ0n) is 6.19. The van der Waals surface area contributed by atoms with Crippen LogP contribution in [0.3, 0.4) is 0 Å². The van der Waals surface area contributed by atoms with Crippen molar-refractivity contribution in [1.29, 1.82) is 0 Å². The average molecular weight is 181 g/mol. The predicted octanol–water partition coefficient (Wildman–Crippen LogP) is -1.31. The number of hydrogen-bond donors (Lipinski definition) is 1. The van der Waals surface area contributed by atoms with E-state index in [0.717, 1.165) is 6.26 Å². The van der Waals surface area contributed by atoms with Gasteiger partial charge in [0.15, 0.2) is 0 Å². The molecule has 1 rings (SSSR count). The fourth-order valence-corrected chi connectivity index (χ4v) is 1.52. The van der Waals surface area contributed by atoms with Crippen LogP contribution in [0.2, 0.25) is 0 Å². The van der Waals surface area contributed by atoms with Crippen LogP contribution in [0.4, 0.5) is 0 Å². The fourth-order valence-electron chi connectivity index (χ4n) is 0.875. The summed E-state index contributed by atoms with van der Waals surface area (Å²) in [7, 11) is -3.40. The van der Waals surface area contributed by atoms with Gasteiger partial charge in [-0.05, 0) is 0 Å². The van der Waals surface area contributed by atoms with Gasteiger partial charge in [-0.15, -0.1) is 0 Å². The Morgan fingerprint density at radius 1 is 1.55 bits per heavy atom. The smallest absolute Gasteiger partial charge is 0.264 e. The van der Waals surface area contributed by atoms with Crippen molar-refractivity contribution in [3.05, 3.63) is 0 Å². The molecule has 2 N–H and O–H groups in total. The first-order valence-corrected chi connectivity index (χ1v) is 5.02. The van der Waals surface area contributed by atoms with Gasteiger partial charge < -0.3 is 10.5 Å². The summed E-state index contributed by atoms with van der Waals surface area (Å²) in [6.45, 7) is 0.619. The molecule has 0 unspecified atom stereocenters. The summed E-state index contributed by atoms with van der Waals surface area (Å²) < 4.78 is 30.7. The molecule has 0 bridgehead atoms. The number of rotatable bonds is 2. The van der Waals surface area contributed by atoms with Gasteiger partial charge in [0.05, 0.1) is 25.5 Å². The van der Waals surface area contributed by atoms with Crippen LogP contribution >= 0.6 is 0 Å². The van der Waals surface area contributed by atoms with Crippen molar-refractivity contribution in [2.45, 2.75) is 12.1 Å². The van der Waals surface area contributed by atoms with E-state index in [1.807, 2.05) is 0 Å². The topological polar surface area (TPSA) is 78.6 Å². The van der Waals surface area contributed by atoms with Gasteiger partial charge in [-0.3, -0.25) is 4.18 Å². The van der Waals surface area contributed by atoms with Crippen LogP contribution in [0.1, 0.15) is 0 Å². The maximum absolute atomic E-state index is 10.6. The third-order valence-corrected chi connectivity index (χ3v) is 1.97. The van der Waals surface area contributed by atoms with E-state index < -0.39 is 16.2 Å². The monoisotopic (exact) mass is 181 g/mol. The highest BCUT2D eigenvalue weighted by Crippen LogP contribution is 2.09. The first-order chi connectivity index (χ1) is 4.99. The van der Waals surface area contributed by atoms with Gasteiger partial charge in [-0.2, -0.15) is 8.42 Å². The van der Waals surface area contributed by atoms with Crippen molar-refractivity contribution < 1.29 is 17.3 Å². The molecule has 0 aromatic heterocycles. The molecule has 0 spiro atoms. The fraction of sp³-hybridized carbons (Fsp3) is 1.00. The minimum Gasteiger partial charge on any atom is -0.377 e. The van der Waals surface area contributed by atoms with E-state index in [0.29, 0.717) is 6.61 Å². The lowest BCUT2D eigenvalue weighted by molar-refractivity contribution is 0.145. The van der Waals surface area contributed by atoms with Gasteiger partial charge in [0.1, 0.15) is 6.10 Å². The molecule has 0 amide bonds. The quantitative estimate of drug-likeness (QED) is 0.535. The molecule has 1 aliphatic rings. The summed E-state index contributed by atoms with van der Waals surface area (Å²) in [5.74, 6) is 0. The van der Waals surface area contributed by atoms with Crippen LogP contribution in [0.25, 0.3) is 0 Å². The van der Waals surface area contributed by atoms with Crippen molar-refractivity contribution in [2.24, 2.45) is 5.73 Å². The van der Waals surface area contributed by atoms with Gasteiger partial charge >= 0.3 is 0 Å². The standard InChI is InChI=1S/C5H11NO4S/c1-11(7,8)10-5-3-9-2-4(5)6/h4-5H,2-3,6H2,1H3/t4-,5-/m0/s1. The number of ether oxygens (including phenoxy) is 1. The molecule has 0 aromatic carbocycles. The Hall–Kier alpha value is -0.170. The summed E-state index contributed by atoms with van der Waals surface area (Å²) in [5, 5.41) is 0. The van der Waals surface area contributed by atoms with Crippen molar-refractivity contribution in [3.8, 4) is 0 Å². The highest BCUT2D eigenvalue weighted by molar-refractivity contribution is 7.86. The Morgan fingerprint density at radius 3 is 2.55 bits per heavy atom. The van der Waals surface area contributed by atoms with Gasteiger partial charge in [-0.25, -0.2) is 0 Å². The van der Waals surface area contributed by atoms with E-state index in [1.54, 1.807) is 0 Å². The average Bonchev–Trinajstić information content (AvgIpc) is 2.12. The van der Waals surface area contributed by atoms with E-state index in [1.165, 1.54) is 0 Å². The SMILES string of the molecule is CS(=O)(=O)O[C@H]1COC[C@@H]1N. The van der Waals surface area contributed by atoms with E-state index >= 15 is 0 Å². The second-order valence-corrected chi connectivity index (χ2v) is 4.14. The molecule has 0 aliphatic carbocycles. The Kier molecular flexibility index (Phi) is 2.48. The minimum atomic E-state index is -3.40. The molecular formula is C5H11NO4S. The molecule has 0 saturated carbocycles. The molecule has 66 valence electrons. The first-order valence-electron chi connectivity index (χ1n) is 3.20. The summed E-state index contributed by atoms with van der Waals surface area (Å²) >= 11 is 0. The number of nitrogens with two attached hydrogens (primary N) is 1. The largest absolute Gasteiger partial charge is 0.377 e. The summed E-state index contributed by atoms with van der Waals surface area (Å²) in [5.41, 5.74) is 5.47. The summed E-state index contributed by atoms with van der Waals surface area (Å²) in [6, 6.07) is -0.329. The second kappa shape index (κ2) is 3.06. The van der Waals surface area contributed by atoms with E-state index in [4.69, 9.17) is 10.5 Å². The zero-order chi connectivity index (χ0) is 8.48. The Balaban J connectivity index is 2.50. The van der Waals surface area contributed by atoms with E-state index in [-0.39, 0.29) is 12.6 Å². The van der Waals surface area contributed by atoms with Crippen molar-refractivity contribution in [2.75, 3.05) is 19.5 Å². The molecule has 11 heavy (non-hydrogen) atoms. The van der Waals surface area contributed by atoms with Crippen LogP contribution in [-0.4, -0.2) is 40.0 Å². The molecule has 1 aliphatic heterocycles. The third kappa shape index (κ3) is 2.74. The van der Waals surface area contributed by atoms with Gasteiger partial charge in [0.2, 0.25) is 0 Å². The Morgan fingerprint density at radius 2 is 2.18 bits per heavy atom. The van der Waals surface area contributed by atoms with Gasteiger partial charge in [0.25, 0.3) is 10.1 Å². The van der Waals surface area contributed by atoms with Crippen LogP contribution in [0, 0.1) is 0 Å². The molecule has 5 nitrogen and oxygen atoms in total. The van der Waals surface area contributed by atoms with Crippen molar-refractivity contribution in [1.82, 2.24) is 0 Å². The lowest BCUT2D eigenvalue weighted by Gasteiger charge is -2.11. The van der Waals surface area contributed by atoms with Crippen molar-refractivity contribution in [3.63, 3.8) is 0 Å². The molecule has 1 heterocycles. The summed E-state index contributed by atoms with van der Waals surface area (Å²) in [4.78, 5) is 0. The lowest BCUT2D eigenvalue weighted by Crippen LogP contribution is -2.36. The predicted molar refractivity (Wildman–Crippen MR) is 38.5 cm³/mol. The zero-order valence-corrected chi connectivity index (χ0v) is 7.00. The molecule has 6 heteroatoms. The Labute approximate surface area is 65.6 Å². The van der Waals surface area contributed by atoms with E-state index in [9.17, 15) is 8.42 Å².